The first-order valence-electron chi connectivity index (χ1n) is 20.5. The van der Waals surface area contributed by atoms with Gasteiger partial charge < -0.3 is 24.1 Å². The molecule has 7 rings (SSSR count). The molecule has 2 amide bonds. The van der Waals surface area contributed by atoms with Crippen LogP contribution >= 0.6 is 11.8 Å². The van der Waals surface area contributed by atoms with Gasteiger partial charge >= 0.3 is 5.97 Å². The van der Waals surface area contributed by atoms with E-state index in [0.717, 1.165) is 56.2 Å². The molecular weight excluding hydrogens is 741 g/mol. The van der Waals surface area contributed by atoms with Gasteiger partial charge in [-0.3, -0.25) is 29.4 Å². The second-order valence-electron chi connectivity index (χ2n) is 17.9. The average Bonchev–Trinajstić information content (AvgIpc) is 3.47. The third kappa shape index (κ3) is 8.67. The maximum absolute atomic E-state index is 14.2. The Morgan fingerprint density at radius 1 is 1.18 bits per heavy atom. The highest BCUT2D eigenvalue weighted by Gasteiger charge is 2.49. The van der Waals surface area contributed by atoms with Crippen LogP contribution in [0.25, 0.3) is 22.2 Å². The van der Waals surface area contributed by atoms with Crippen LogP contribution in [0.3, 0.4) is 0 Å². The van der Waals surface area contributed by atoms with E-state index >= 15 is 0 Å². The van der Waals surface area contributed by atoms with Gasteiger partial charge in [0.05, 0.1) is 40.8 Å². The highest BCUT2D eigenvalue weighted by atomic mass is 32.2. The molecule has 2 aromatic heterocycles. The van der Waals surface area contributed by atoms with Gasteiger partial charge in [0, 0.05) is 73.5 Å². The van der Waals surface area contributed by atoms with E-state index in [4.69, 9.17) is 24.2 Å². The van der Waals surface area contributed by atoms with Crippen LogP contribution in [0.5, 0.6) is 0 Å². The van der Waals surface area contributed by atoms with E-state index in [1.54, 1.807) is 26.0 Å². The predicted molar refractivity (Wildman–Crippen MR) is 224 cm³/mol. The number of pyridine rings is 1. The molecule has 7 atom stereocenters. The third-order valence-electron chi connectivity index (χ3n) is 12.7. The number of nitrogens with zero attached hydrogens (tertiary/aromatic N) is 4. The van der Waals surface area contributed by atoms with Crippen molar-refractivity contribution in [3.05, 3.63) is 53.3 Å². The van der Waals surface area contributed by atoms with Crippen LogP contribution in [0.2, 0.25) is 0 Å². The number of benzene rings is 1. The standard InChI is InChI=1S/C44H60N6O6S/c1-25-26(2)37(25)40(51)47-33-21-36-46-34(23-57-36)28-14-15-35-30(20-28)31(22-43(4,5)24-56-42(53)32-13-11-18-50(48-32)41(33)52)39(49(35)19-16-44(6,7)55-9)29-12-10-17-45-38(29)27(3)54-8/h10,12,14-15,17,20,25-27,32-34,37,48H,11,13,16,18-19,21-24H2,1-9H3,(H,47,51)/t25-,26+,27-,32-,33-,34?,37+/m0/s1. The van der Waals surface area contributed by atoms with Crippen LogP contribution in [0.1, 0.15) is 103 Å². The molecule has 5 heterocycles. The van der Waals surface area contributed by atoms with E-state index in [9.17, 15) is 14.4 Å². The first-order valence-corrected chi connectivity index (χ1v) is 21.5. The van der Waals surface area contributed by atoms with Crippen LogP contribution in [-0.2, 0) is 41.6 Å². The average molecular weight is 801 g/mol. The van der Waals surface area contributed by atoms with Crippen LogP contribution < -0.4 is 10.7 Å². The number of hydrazine groups is 1. The van der Waals surface area contributed by atoms with Crippen molar-refractivity contribution in [3.8, 4) is 11.3 Å². The van der Waals surface area contributed by atoms with Gasteiger partial charge in [-0.05, 0) is 93.7 Å². The van der Waals surface area contributed by atoms with Gasteiger partial charge in [-0.1, -0.05) is 33.8 Å². The molecule has 57 heavy (non-hydrogen) atoms. The fourth-order valence-electron chi connectivity index (χ4n) is 8.59. The van der Waals surface area contributed by atoms with Gasteiger partial charge in [0.15, 0.2) is 0 Å². The predicted octanol–water partition coefficient (Wildman–Crippen LogP) is 6.81. The van der Waals surface area contributed by atoms with E-state index in [1.807, 2.05) is 19.2 Å². The number of thioether (sulfide) groups is 1. The second-order valence-corrected chi connectivity index (χ2v) is 19.0. The number of aliphatic imine (C=N–C) groups is 1. The van der Waals surface area contributed by atoms with Crippen LogP contribution in [0.15, 0.2) is 41.5 Å². The molecule has 2 fully saturated rings. The number of rotatable bonds is 9. The molecule has 1 aromatic carbocycles. The number of hydrogen-bond donors (Lipinski definition) is 2. The monoisotopic (exact) mass is 800 g/mol. The maximum Gasteiger partial charge on any atom is 0.324 e. The fraction of sp³-hybridized carbons (Fsp3) is 0.614. The molecule has 1 unspecified atom stereocenters. The van der Waals surface area contributed by atoms with E-state index < -0.39 is 23.5 Å². The summed E-state index contributed by atoms with van der Waals surface area (Å²) in [7, 11) is 3.46. The number of nitrogens with one attached hydrogen (secondary N) is 2. The molecule has 308 valence electrons. The molecule has 1 aliphatic carbocycles. The summed E-state index contributed by atoms with van der Waals surface area (Å²) in [5, 5.41) is 6.56. The summed E-state index contributed by atoms with van der Waals surface area (Å²) in [5.74, 6) is 0.404. The van der Waals surface area contributed by atoms with E-state index in [0.29, 0.717) is 32.4 Å². The summed E-state index contributed by atoms with van der Waals surface area (Å²) >= 11 is 1.64. The summed E-state index contributed by atoms with van der Waals surface area (Å²) in [6, 6.07) is 9.16. The molecule has 0 radical (unpaired) electrons. The zero-order valence-electron chi connectivity index (χ0n) is 35.0. The molecule has 12 nitrogen and oxygen atoms in total. The van der Waals surface area contributed by atoms with Gasteiger partial charge in [-0.25, -0.2) is 5.43 Å². The number of aromatic nitrogens is 2. The van der Waals surface area contributed by atoms with Gasteiger partial charge in [-0.15, -0.1) is 11.8 Å². The Bertz CT molecular complexity index is 2040. The van der Waals surface area contributed by atoms with E-state index in [1.165, 1.54) is 5.01 Å². The summed E-state index contributed by atoms with van der Waals surface area (Å²) in [4.78, 5) is 51.5. The number of esters is 1. The van der Waals surface area contributed by atoms with Gasteiger partial charge in [0.1, 0.15) is 12.1 Å². The van der Waals surface area contributed by atoms with Gasteiger partial charge in [-0.2, -0.15) is 0 Å². The lowest BCUT2D eigenvalue weighted by Crippen LogP contribution is -2.60. The smallest absolute Gasteiger partial charge is 0.324 e. The molecule has 13 heteroatoms. The maximum atomic E-state index is 14.2. The molecule has 3 aliphatic heterocycles. The minimum atomic E-state index is -0.812. The minimum absolute atomic E-state index is 0.102. The Morgan fingerprint density at radius 2 is 1.95 bits per heavy atom. The van der Waals surface area contributed by atoms with Crippen molar-refractivity contribution >= 4 is 45.5 Å². The summed E-state index contributed by atoms with van der Waals surface area (Å²) in [5.41, 5.74) is 8.60. The number of fused-ring (bicyclic) bond motifs is 5. The van der Waals surface area contributed by atoms with Crippen LogP contribution in [0.4, 0.5) is 0 Å². The van der Waals surface area contributed by atoms with Crippen LogP contribution in [0, 0.1) is 23.2 Å². The van der Waals surface area contributed by atoms with Crippen molar-refractivity contribution < 1.29 is 28.6 Å². The Balaban J connectivity index is 1.36. The Morgan fingerprint density at radius 3 is 2.67 bits per heavy atom. The lowest BCUT2D eigenvalue weighted by Gasteiger charge is -2.35. The second kappa shape index (κ2) is 16.5. The van der Waals surface area contributed by atoms with Crippen molar-refractivity contribution in [1.82, 2.24) is 25.3 Å². The first kappa shape index (κ1) is 41.4. The molecule has 0 spiro atoms. The fourth-order valence-corrected chi connectivity index (χ4v) is 9.70. The number of methoxy groups -OCH3 is 2. The summed E-state index contributed by atoms with van der Waals surface area (Å²) in [6.45, 7) is 16.0. The Labute approximate surface area is 341 Å². The van der Waals surface area contributed by atoms with Crippen molar-refractivity contribution in [1.29, 1.82) is 0 Å². The molecule has 2 N–H and O–H groups in total. The first-order chi connectivity index (χ1) is 27.1. The highest BCUT2D eigenvalue weighted by molar-refractivity contribution is 8.14. The normalized spacial score (nSPS) is 27.1. The molecule has 1 saturated carbocycles. The molecule has 3 aromatic rings. The van der Waals surface area contributed by atoms with Crippen molar-refractivity contribution in [3.63, 3.8) is 0 Å². The van der Waals surface area contributed by atoms with Gasteiger partial charge in [0.2, 0.25) is 5.91 Å². The highest BCUT2D eigenvalue weighted by Crippen LogP contribution is 2.46. The number of hydrogen-bond acceptors (Lipinski definition) is 10. The molecule has 6 bridgehead atoms. The lowest BCUT2D eigenvalue weighted by atomic mass is 9.84. The number of aryl methyl sites for hydroxylation is 1. The third-order valence-corrected chi connectivity index (χ3v) is 13.8. The topological polar surface area (TPSA) is 136 Å². The van der Waals surface area contributed by atoms with Crippen molar-refractivity contribution in [2.45, 2.75) is 117 Å². The SMILES string of the molecule is CO[C@@H](C)c1ncccc1-c1c2c3cc(ccc3n1CCC(C)(C)OC)C1CSC(=N1)C[C@H](NC(=O)[C@H]1[C@H](C)[C@@H]1C)C(=O)N1CCC[C@H](N1)C(=O)OCC(C)(C)C2. The molecule has 4 aliphatic rings. The van der Waals surface area contributed by atoms with Crippen LogP contribution in [-0.4, -0.2) is 88.2 Å². The van der Waals surface area contributed by atoms with Crippen molar-refractivity contribution in [2.75, 3.05) is 33.1 Å². The zero-order chi connectivity index (χ0) is 40.8. The Hall–Kier alpha value is -3.78. The van der Waals surface area contributed by atoms with E-state index in [-0.39, 0.29) is 60.3 Å². The minimum Gasteiger partial charge on any atom is -0.464 e. The number of amides is 2. The van der Waals surface area contributed by atoms with Gasteiger partial charge in [0.25, 0.3) is 5.91 Å². The Kier molecular flexibility index (Phi) is 12.0. The number of carbonyl (C=O) groups is 3. The van der Waals surface area contributed by atoms with Crippen molar-refractivity contribution in [2.24, 2.45) is 28.2 Å². The number of cyclic esters (lactones) is 1. The molecule has 1 saturated heterocycles. The number of carbonyl (C=O) groups excluding carboxylic acids is 3. The quantitative estimate of drug-likeness (QED) is 0.224. The summed E-state index contributed by atoms with van der Waals surface area (Å²) in [6.07, 6.45) is 4.41. The number of ether oxygens (including phenoxy) is 3. The molecular formula is C44H60N6O6S. The largest absolute Gasteiger partial charge is 0.464 e. The van der Waals surface area contributed by atoms with E-state index in [2.05, 4.69) is 81.1 Å². The summed E-state index contributed by atoms with van der Waals surface area (Å²) < 4.78 is 20.3. The zero-order valence-corrected chi connectivity index (χ0v) is 35.8. The lowest BCUT2D eigenvalue weighted by molar-refractivity contribution is -0.155.